The highest BCUT2D eigenvalue weighted by Crippen LogP contribution is 2.31. The number of hydrogen-bond donors (Lipinski definition) is 0. The van der Waals surface area contributed by atoms with Crippen LogP contribution in [0.3, 0.4) is 0 Å². The lowest BCUT2D eigenvalue weighted by atomic mass is 10.1. The van der Waals surface area contributed by atoms with Crippen molar-refractivity contribution in [1.29, 1.82) is 0 Å². The maximum Gasteiger partial charge on any atom is 0.140 e. The fourth-order valence-electron chi connectivity index (χ4n) is 3.72. The zero-order chi connectivity index (χ0) is 17.4. The van der Waals surface area contributed by atoms with Gasteiger partial charge in [0.2, 0.25) is 0 Å². The first kappa shape index (κ1) is 16.2. The van der Waals surface area contributed by atoms with Gasteiger partial charge in [-0.25, -0.2) is 4.98 Å². The summed E-state index contributed by atoms with van der Waals surface area (Å²) in [4.78, 5) is 11.6. The van der Waals surface area contributed by atoms with Crippen LogP contribution in [0.4, 0.5) is 0 Å². The number of fused-ring (bicyclic) bond motifs is 1. The number of rotatable bonds is 4. The lowest BCUT2D eigenvalue weighted by molar-refractivity contribution is 0.0801. The molecule has 130 valence electrons. The molecular weight excluding hydrogens is 312 g/mol. The smallest absolute Gasteiger partial charge is 0.140 e. The first-order valence-corrected chi connectivity index (χ1v) is 8.82. The molecule has 25 heavy (non-hydrogen) atoms. The van der Waals surface area contributed by atoms with Gasteiger partial charge in [0, 0.05) is 55.8 Å². The quantitative estimate of drug-likeness (QED) is 0.732. The van der Waals surface area contributed by atoms with Crippen LogP contribution in [0.25, 0.3) is 22.3 Å². The highest BCUT2D eigenvalue weighted by atomic mass is 16.5. The van der Waals surface area contributed by atoms with Crippen molar-refractivity contribution >= 4 is 10.9 Å². The molecule has 1 fully saturated rings. The summed E-state index contributed by atoms with van der Waals surface area (Å²) >= 11 is 0. The van der Waals surface area contributed by atoms with E-state index in [9.17, 15) is 0 Å². The van der Waals surface area contributed by atoms with Crippen LogP contribution in [0.15, 0.2) is 48.9 Å². The zero-order valence-corrected chi connectivity index (χ0v) is 15.0. The number of imidazole rings is 1. The Bertz CT molecular complexity index is 873. The van der Waals surface area contributed by atoms with Gasteiger partial charge in [0.1, 0.15) is 5.82 Å². The van der Waals surface area contributed by atoms with E-state index < -0.39 is 0 Å². The van der Waals surface area contributed by atoms with E-state index in [0.717, 1.165) is 35.4 Å². The fraction of sp³-hybridized carbons (Fsp3) is 0.400. The molecule has 1 aliphatic rings. The largest absolute Gasteiger partial charge is 0.378 e. The number of hydrogen-bond acceptors (Lipinski definition) is 4. The lowest BCUT2D eigenvalue weighted by Crippen LogP contribution is -2.29. The molecule has 1 aliphatic heterocycles. The molecule has 0 amide bonds. The van der Waals surface area contributed by atoms with Crippen molar-refractivity contribution in [3.8, 4) is 11.4 Å². The first-order valence-electron chi connectivity index (χ1n) is 8.82. The van der Waals surface area contributed by atoms with E-state index >= 15 is 0 Å². The summed E-state index contributed by atoms with van der Waals surface area (Å²) in [6.45, 7) is 6.40. The van der Waals surface area contributed by atoms with Crippen LogP contribution in [0.2, 0.25) is 0 Å². The minimum absolute atomic E-state index is 0.175. The molecule has 0 radical (unpaired) electrons. The molecule has 0 unspecified atom stereocenters. The van der Waals surface area contributed by atoms with Crippen LogP contribution in [0.1, 0.15) is 19.9 Å². The highest BCUT2D eigenvalue weighted by Gasteiger charge is 2.36. The number of benzene rings is 1. The monoisotopic (exact) mass is 336 g/mol. The number of likely N-dealkylation sites (tertiary alicyclic amines) is 1. The number of ether oxygens (including phenoxy) is 1. The summed E-state index contributed by atoms with van der Waals surface area (Å²) in [5, 5.41) is 1.14. The predicted molar refractivity (Wildman–Crippen MR) is 99.5 cm³/mol. The van der Waals surface area contributed by atoms with Crippen molar-refractivity contribution in [3.63, 3.8) is 0 Å². The molecule has 3 aromatic rings. The van der Waals surface area contributed by atoms with E-state index in [1.54, 1.807) is 7.11 Å². The van der Waals surface area contributed by atoms with Crippen LogP contribution < -0.4 is 0 Å². The van der Waals surface area contributed by atoms with Crippen LogP contribution in [0.5, 0.6) is 0 Å². The molecule has 0 spiro atoms. The molecule has 5 nitrogen and oxygen atoms in total. The second-order valence-electron chi connectivity index (χ2n) is 6.96. The van der Waals surface area contributed by atoms with Crippen LogP contribution >= 0.6 is 0 Å². The van der Waals surface area contributed by atoms with Gasteiger partial charge in [0.05, 0.1) is 17.7 Å². The van der Waals surface area contributed by atoms with Gasteiger partial charge in [-0.15, -0.1) is 0 Å². The third-order valence-corrected chi connectivity index (χ3v) is 5.19. The van der Waals surface area contributed by atoms with Crippen LogP contribution in [-0.4, -0.2) is 51.8 Å². The van der Waals surface area contributed by atoms with Crippen molar-refractivity contribution in [1.82, 2.24) is 19.4 Å². The summed E-state index contributed by atoms with van der Waals surface area (Å²) < 4.78 is 8.05. The highest BCUT2D eigenvalue weighted by molar-refractivity contribution is 5.82. The molecule has 2 aromatic heterocycles. The third kappa shape index (κ3) is 2.94. The molecule has 2 atom stereocenters. The first-order chi connectivity index (χ1) is 12.2. The van der Waals surface area contributed by atoms with Gasteiger partial charge in [0.25, 0.3) is 0 Å². The summed E-state index contributed by atoms with van der Waals surface area (Å²) in [7, 11) is 1.80. The Hall–Kier alpha value is -2.24. The standard InChI is InChI=1S/C20H24N4O/c1-14(2)23-12-18(19(13-23)25-3)24-10-9-22-20(24)16-7-6-15-5-4-8-21-17(15)11-16/h4-11,14,18-19H,12-13H2,1-3H3/t18-,19-/m0/s1. The Morgan fingerprint density at radius 3 is 2.80 bits per heavy atom. The van der Waals surface area contributed by atoms with E-state index in [1.807, 2.05) is 18.5 Å². The van der Waals surface area contributed by atoms with Crippen molar-refractivity contribution in [2.75, 3.05) is 20.2 Å². The molecule has 1 saturated heterocycles. The van der Waals surface area contributed by atoms with Gasteiger partial charge in [0.15, 0.2) is 0 Å². The third-order valence-electron chi connectivity index (χ3n) is 5.19. The van der Waals surface area contributed by atoms with Crippen molar-refractivity contribution in [3.05, 3.63) is 48.9 Å². The maximum atomic E-state index is 5.79. The predicted octanol–water partition coefficient (Wildman–Crippen LogP) is 3.38. The average Bonchev–Trinajstić information content (AvgIpc) is 3.27. The van der Waals surface area contributed by atoms with Crippen molar-refractivity contribution in [2.45, 2.75) is 32.0 Å². The number of aromatic nitrogens is 3. The normalized spacial score (nSPS) is 21.4. The lowest BCUT2D eigenvalue weighted by Gasteiger charge is -2.21. The Balaban J connectivity index is 1.72. The maximum absolute atomic E-state index is 5.79. The second kappa shape index (κ2) is 6.58. The van der Waals surface area contributed by atoms with Crippen molar-refractivity contribution < 1.29 is 4.74 Å². The number of nitrogens with zero attached hydrogens (tertiary/aromatic N) is 4. The van der Waals surface area contributed by atoms with E-state index in [1.165, 1.54) is 0 Å². The second-order valence-corrected chi connectivity index (χ2v) is 6.96. The van der Waals surface area contributed by atoms with Gasteiger partial charge in [-0.05, 0) is 26.0 Å². The topological polar surface area (TPSA) is 43.2 Å². The molecule has 4 rings (SSSR count). The van der Waals surface area contributed by atoms with Gasteiger partial charge < -0.3 is 9.30 Å². The van der Waals surface area contributed by atoms with E-state index in [-0.39, 0.29) is 12.1 Å². The fourth-order valence-corrected chi connectivity index (χ4v) is 3.72. The zero-order valence-electron chi connectivity index (χ0n) is 15.0. The molecule has 0 N–H and O–H groups in total. The summed E-state index contributed by atoms with van der Waals surface area (Å²) in [6.07, 6.45) is 5.95. The van der Waals surface area contributed by atoms with E-state index in [0.29, 0.717) is 6.04 Å². The summed E-state index contributed by atoms with van der Waals surface area (Å²) in [6, 6.07) is 11.2. The molecule has 3 heterocycles. The Labute approximate surface area is 148 Å². The van der Waals surface area contributed by atoms with Gasteiger partial charge in [-0.3, -0.25) is 9.88 Å². The van der Waals surface area contributed by atoms with Crippen molar-refractivity contribution in [2.24, 2.45) is 0 Å². The van der Waals surface area contributed by atoms with E-state index in [4.69, 9.17) is 4.74 Å². The van der Waals surface area contributed by atoms with Crippen LogP contribution in [0, 0.1) is 0 Å². The summed E-state index contributed by atoms with van der Waals surface area (Å²) in [5.74, 6) is 0.977. The SMILES string of the molecule is CO[C@H]1CN(C(C)C)C[C@@H]1n1ccnc1-c1ccc2cccnc2c1. The molecule has 0 saturated carbocycles. The Morgan fingerprint density at radius 2 is 2.00 bits per heavy atom. The Kier molecular flexibility index (Phi) is 4.27. The van der Waals surface area contributed by atoms with Gasteiger partial charge in [-0.1, -0.05) is 18.2 Å². The van der Waals surface area contributed by atoms with Crippen LogP contribution in [-0.2, 0) is 4.74 Å². The molecule has 0 bridgehead atoms. The van der Waals surface area contributed by atoms with Gasteiger partial charge >= 0.3 is 0 Å². The molecular formula is C20H24N4O. The average molecular weight is 336 g/mol. The molecule has 1 aromatic carbocycles. The minimum atomic E-state index is 0.175. The minimum Gasteiger partial charge on any atom is -0.378 e. The summed E-state index contributed by atoms with van der Waals surface area (Å²) in [5.41, 5.74) is 2.09. The Morgan fingerprint density at radius 1 is 1.12 bits per heavy atom. The molecule has 0 aliphatic carbocycles. The number of pyridine rings is 1. The van der Waals surface area contributed by atoms with Gasteiger partial charge in [-0.2, -0.15) is 0 Å². The molecule has 5 heteroatoms. The van der Waals surface area contributed by atoms with E-state index in [2.05, 4.69) is 63.7 Å². The number of methoxy groups -OCH3 is 1.